The Morgan fingerprint density at radius 2 is 2.08 bits per heavy atom. The molecule has 26 heavy (non-hydrogen) atoms. The fourth-order valence-corrected chi connectivity index (χ4v) is 2.57. The van der Waals surface area contributed by atoms with Gasteiger partial charge in [0.1, 0.15) is 18.0 Å². The minimum Gasteiger partial charge on any atom is -0.356 e. The predicted molar refractivity (Wildman–Crippen MR) is 114 cm³/mol. The summed E-state index contributed by atoms with van der Waals surface area (Å²) in [6, 6.07) is 6.72. The van der Waals surface area contributed by atoms with E-state index in [0.29, 0.717) is 13.1 Å². The van der Waals surface area contributed by atoms with Crippen LogP contribution in [0.5, 0.6) is 0 Å². The maximum Gasteiger partial charge on any atom is 0.191 e. The van der Waals surface area contributed by atoms with Crippen LogP contribution in [0, 0.1) is 5.82 Å². The van der Waals surface area contributed by atoms with E-state index in [2.05, 4.69) is 46.6 Å². The minimum absolute atomic E-state index is 0. The Kier molecular flexibility index (Phi) is 8.97. The molecule has 0 aliphatic carbocycles. The Morgan fingerprint density at radius 1 is 1.31 bits per heavy atom. The van der Waals surface area contributed by atoms with Crippen LogP contribution < -0.4 is 10.6 Å². The molecule has 0 saturated carbocycles. The molecule has 2 aromatic rings. The van der Waals surface area contributed by atoms with E-state index in [-0.39, 0.29) is 35.2 Å². The molecule has 2 N–H and O–H groups in total. The normalized spacial score (nSPS) is 11.8. The smallest absolute Gasteiger partial charge is 0.191 e. The van der Waals surface area contributed by atoms with E-state index in [9.17, 15) is 4.39 Å². The number of rotatable bonds is 7. The first-order valence-electron chi connectivity index (χ1n) is 8.53. The molecule has 0 bridgehead atoms. The van der Waals surface area contributed by atoms with Crippen LogP contribution >= 0.6 is 24.0 Å². The van der Waals surface area contributed by atoms with Crippen molar-refractivity contribution >= 4 is 29.9 Å². The molecule has 1 aromatic heterocycles. The first kappa shape index (κ1) is 22.3. The van der Waals surface area contributed by atoms with Crippen LogP contribution in [-0.2, 0) is 18.4 Å². The summed E-state index contributed by atoms with van der Waals surface area (Å²) < 4.78 is 15.5. The zero-order chi connectivity index (χ0) is 18.3. The number of guanidine groups is 1. The quantitative estimate of drug-likeness (QED) is 0.368. The molecule has 0 amide bonds. The van der Waals surface area contributed by atoms with Gasteiger partial charge >= 0.3 is 0 Å². The van der Waals surface area contributed by atoms with Crippen LogP contribution in [0.25, 0.3) is 0 Å². The summed E-state index contributed by atoms with van der Waals surface area (Å²) in [4.78, 5) is 4.24. The third kappa shape index (κ3) is 6.22. The summed E-state index contributed by atoms with van der Waals surface area (Å²) in [7, 11) is 1.74. The molecule has 6 nitrogen and oxygen atoms in total. The van der Waals surface area contributed by atoms with E-state index in [4.69, 9.17) is 0 Å². The Hall–Kier alpha value is -1.71. The number of hydrogen-bond donors (Lipinski definition) is 2. The average Bonchev–Trinajstić information content (AvgIpc) is 3.05. The maximum absolute atomic E-state index is 13.5. The minimum atomic E-state index is -0.219. The van der Waals surface area contributed by atoms with Crippen LogP contribution in [0.3, 0.4) is 0 Å². The molecule has 8 heteroatoms. The van der Waals surface area contributed by atoms with Crippen molar-refractivity contribution in [1.29, 1.82) is 0 Å². The van der Waals surface area contributed by atoms with E-state index in [1.54, 1.807) is 25.5 Å². The molecule has 2 rings (SSSR count). The molecule has 144 valence electrons. The fourth-order valence-electron chi connectivity index (χ4n) is 2.57. The van der Waals surface area contributed by atoms with Crippen molar-refractivity contribution in [2.75, 3.05) is 20.1 Å². The van der Waals surface area contributed by atoms with Crippen LogP contribution in [0.15, 0.2) is 35.6 Å². The van der Waals surface area contributed by atoms with Gasteiger partial charge < -0.3 is 15.2 Å². The summed E-state index contributed by atoms with van der Waals surface area (Å²) in [5.74, 6) is 1.47. The van der Waals surface area contributed by atoms with Crippen molar-refractivity contribution < 1.29 is 4.39 Å². The van der Waals surface area contributed by atoms with E-state index >= 15 is 0 Å². The maximum atomic E-state index is 13.5. The van der Waals surface area contributed by atoms with Crippen LogP contribution in [0.1, 0.15) is 32.2 Å². The summed E-state index contributed by atoms with van der Waals surface area (Å²) >= 11 is 0. The highest BCUT2D eigenvalue weighted by atomic mass is 127. The van der Waals surface area contributed by atoms with Gasteiger partial charge in [0.25, 0.3) is 0 Å². The first-order valence-corrected chi connectivity index (χ1v) is 8.53. The zero-order valence-corrected chi connectivity index (χ0v) is 18.1. The van der Waals surface area contributed by atoms with Crippen LogP contribution in [0.4, 0.5) is 4.39 Å². The largest absolute Gasteiger partial charge is 0.356 e. The van der Waals surface area contributed by atoms with Gasteiger partial charge in [0, 0.05) is 38.5 Å². The second-order valence-electron chi connectivity index (χ2n) is 6.54. The lowest BCUT2D eigenvalue weighted by Crippen LogP contribution is -2.44. The molecule has 0 radical (unpaired) electrons. The molecule has 0 saturated heterocycles. The number of benzene rings is 1. The standard InChI is InChI=1S/C18H27FN6.HI/c1-5-16-24-23-13-25(16)10-9-21-17(20-4)22-12-18(2,3)14-7-6-8-15(19)11-14;/h6-8,11,13H,5,9-10,12H2,1-4H3,(H2,20,21,22);1H. The van der Waals surface area contributed by atoms with Gasteiger partial charge in [-0.3, -0.25) is 4.99 Å². The van der Waals surface area contributed by atoms with Gasteiger partial charge in [-0.1, -0.05) is 32.9 Å². The lowest BCUT2D eigenvalue weighted by molar-refractivity contribution is 0.502. The molecule has 0 atom stereocenters. The molecule has 0 unspecified atom stereocenters. The average molecular weight is 474 g/mol. The SMILES string of the molecule is CCc1nncn1CCNC(=NC)NCC(C)(C)c1cccc(F)c1.I. The molecule has 1 heterocycles. The highest BCUT2D eigenvalue weighted by Gasteiger charge is 2.21. The summed E-state index contributed by atoms with van der Waals surface area (Å²) in [5, 5.41) is 14.6. The van der Waals surface area contributed by atoms with Crippen molar-refractivity contribution in [3.8, 4) is 0 Å². The van der Waals surface area contributed by atoms with Crippen molar-refractivity contribution in [3.05, 3.63) is 47.8 Å². The van der Waals surface area contributed by atoms with E-state index in [1.165, 1.54) is 6.07 Å². The topological polar surface area (TPSA) is 67.1 Å². The van der Waals surface area contributed by atoms with Crippen molar-refractivity contribution in [3.63, 3.8) is 0 Å². The molecule has 1 aromatic carbocycles. The molecular formula is C18H28FIN6. The van der Waals surface area contributed by atoms with Gasteiger partial charge in [0.15, 0.2) is 5.96 Å². The zero-order valence-electron chi connectivity index (χ0n) is 15.8. The number of halogens is 2. The Morgan fingerprint density at radius 3 is 2.73 bits per heavy atom. The second kappa shape index (κ2) is 10.4. The monoisotopic (exact) mass is 474 g/mol. The lowest BCUT2D eigenvalue weighted by atomic mass is 9.84. The van der Waals surface area contributed by atoms with Crippen molar-refractivity contribution in [1.82, 2.24) is 25.4 Å². The van der Waals surface area contributed by atoms with Gasteiger partial charge in [-0.2, -0.15) is 0 Å². The number of hydrogen-bond acceptors (Lipinski definition) is 3. The highest BCUT2D eigenvalue weighted by molar-refractivity contribution is 14.0. The van der Waals surface area contributed by atoms with Gasteiger partial charge in [-0.05, 0) is 17.7 Å². The number of aryl methyl sites for hydroxylation is 1. The van der Waals surface area contributed by atoms with Gasteiger partial charge in [0.05, 0.1) is 0 Å². The summed E-state index contributed by atoms with van der Waals surface area (Å²) in [6.45, 7) is 8.33. The number of nitrogens with zero attached hydrogens (tertiary/aromatic N) is 4. The number of nitrogens with one attached hydrogen (secondary N) is 2. The summed E-state index contributed by atoms with van der Waals surface area (Å²) in [6.07, 6.45) is 2.60. The number of aliphatic imine (C=N–C) groups is 1. The molecule has 0 aliphatic rings. The van der Waals surface area contributed by atoms with Crippen LogP contribution in [-0.4, -0.2) is 40.9 Å². The van der Waals surface area contributed by atoms with E-state index in [1.807, 2.05) is 10.6 Å². The molecular weight excluding hydrogens is 446 g/mol. The van der Waals surface area contributed by atoms with Crippen molar-refractivity contribution in [2.24, 2.45) is 4.99 Å². The fraction of sp³-hybridized carbons (Fsp3) is 0.500. The molecule has 0 aliphatic heterocycles. The third-order valence-corrected chi connectivity index (χ3v) is 4.18. The summed E-state index contributed by atoms with van der Waals surface area (Å²) in [5.41, 5.74) is 0.733. The number of aromatic nitrogens is 3. The van der Waals surface area contributed by atoms with Crippen molar-refractivity contribution in [2.45, 2.75) is 39.2 Å². The Labute approximate surface area is 171 Å². The van der Waals surface area contributed by atoms with E-state index < -0.39 is 0 Å². The van der Waals surface area contributed by atoms with Crippen LogP contribution in [0.2, 0.25) is 0 Å². The highest BCUT2D eigenvalue weighted by Crippen LogP contribution is 2.22. The third-order valence-electron chi connectivity index (χ3n) is 4.18. The van der Waals surface area contributed by atoms with Gasteiger partial charge in [0.2, 0.25) is 0 Å². The first-order chi connectivity index (χ1) is 12.0. The second-order valence-corrected chi connectivity index (χ2v) is 6.54. The molecule has 0 fully saturated rings. The van der Waals surface area contributed by atoms with Gasteiger partial charge in [-0.15, -0.1) is 34.2 Å². The Bertz CT molecular complexity index is 713. The molecule has 0 spiro atoms. The van der Waals surface area contributed by atoms with E-state index in [0.717, 1.165) is 30.3 Å². The predicted octanol–water partition coefficient (Wildman–Crippen LogP) is 2.74. The van der Waals surface area contributed by atoms with Gasteiger partial charge in [-0.25, -0.2) is 4.39 Å². The lowest BCUT2D eigenvalue weighted by Gasteiger charge is -2.27. The Balaban J connectivity index is 0.00000338.